The van der Waals surface area contributed by atoms with E-state index in [0.29, 0.717) is 18.7 Å². The summed E-state index contributed by atoms with van der Waals surface area (Å²) in [5.41, 5.74) is 2.77. The van der Waals surface area contributed by atoms with Crippen molar-refractivity contribution < 1.29 is 13.9 Å². The molecule has 1 aromatic carbocycles. The molecule has 1 aliphatic heterocycles. The minimum atomic E-state index is -0.458. The summed E-state index contributed by atoms with van der Waals surface area (Å²) in [6.45, 7) is 13.0. The molecule has 0 N–H and O–H groups in total. The summed E-state index contributed by atoms with van der Waals surface area (Å²) >= 11 is 1.52. The van der Waals surface area contributed by atoms with Crippen molar-refractivity contribution in [2.75, 3.05) is 19.3 Å². The van der Waals surface area contributed by atoms with Crippen LogP contribution in [0.15, 0.2) is 35.9 Å². The molecule has 2 heterocycles. The van der Waals surface area contributed by atoms with Crippen molar-refractivity contribution in [2.45, 2.75) is 63.5 Å². The van der Waals surface area contributed by atoms with Crippen LogP contribution in [0.2, 0.25) is 0 Å². The molecule has 0 atom stereocenters. The Morgan fingerprint density at radius 1 is 1.36 bits per heavy atom. The zero-order valence-electron chi connectivity index (χ0n) is 20.2. The second-order valence-electron chi connectivity index (χ2n) is 9.01. The van der Waals surface area contributed by atoms with Crippen LogP contribution >= 0.6 is 11.8 Å². The number of nitrogens with zero attached hydrogens (tertiary/aromatic N) is 3. The van der Waals surface area contributed by atoms with Gasteiger partial charge in [0.05, 0.1) is 17.9 Å². The number of benzene rings is 1. The molecule has 0 radical (unpaired) electrons. The molecule has 1 aliphatic rings. The number of ether oxygens (including phenoxy) is 1. The maximum atomic E-state index is 14.6. The predicted octanol–water partition coefficient (Wildman–Crippen LogP) is 6.91. The standard InChI is InChI=1S/C26H34FN3O2S/c1-7-24-19(15-18(3)22-10-9-21(33-6)16-23(22)27)17-28-30(24)20-11-13-29(14-12-20)25(31)32-26(4,5)8-2/h7,9-10,15-17,20H,1,8,11-14H2,2-6H3/b18-15+. The van der Waals surface area contributed by atoms with E-state index in [0.717, 1.165) is 41.0 Å². The summed E-state index contributed by atoms with van der Waals surface area (Å²) in [4.78, 5) is 15.2. The van der Waals surface area contributed by atoms with Crippen molar-refractivity contribution in [1.29, 1.82) is 0 Å². The Hall–Kier alpha value is -2.54. The lowest BCUT2D eigenvalue weighted by Gasteiger charge is -2.34. The van der Waals surface area contributed by atoms with Crippen LogP contribution in [0.25, 0.3) is 17.7 Å². The van der Waals surface area contributed by atoms with E-state index in [1.807, 2.05) is 56.8 Å². The van der Waals surface area contributed by atoms with Crippen molar-refractivity contribution in [2.24, 2.45) is 0 Å². The third-order valence-corrected chi connectivity index (χ3v) is 7.04. The van der Waals surface area contributed by atoms with E-state index in [4.69, 9.17) is 4.74 Å². The summed E-state index contributed by atoms with van der Waals surface area (Å²) in [5, 5.41) is 4.62. The normalized spacial score (nSPS) is 15.6. The molecular weight excluding hydrogens is 437 g/mol. The Kier molecular flexibility index (Phi) is 8.05. The van der Waals surface area contributed by atoms with Crippen LogP contribution in [0.3, 0.4) is 0 Å². The first-order chi connectivity index (χ1) is 15.7. The number of hydrogen-bond acceptors (Lipinski definition) is 4. The molecule has 178 valence electrons. The fraction of sp³-hybridized carbons (Fsp3) is 0.462. The van der Waals surface area contributed by atoms with E-state index in [2.05, 4.69) is 11.7 Å². The molecule has 1 amide bonds. The number of piperidine rings is 1. The number of carbonyl (C=O) groups is 1. The lowest BCUT2D eigenvalue weighted by molar-refractivity contribution is 0.00583. The number of allylic oxidation sites excluding steroid dienone is 1. The highest BCUT2D eigenvalue weighted by molar-refractivity contribution is 7.98. The van der Waals surface area contributed by atoms with Gasteiger partial charge >= 0.3 is 6.09 Å². The van der Waals surface area contributed by atoms with Crippen molar-refractivity contribution >= 4 is 35.6 Å². The summed E-state index contributed by atoms with van der Waals surface area (Å²) in [5.74, 6) is -0.228. The number of likely N-dealkylation sites (tertiary alicyclic amines) is 1. The second-order valence-corrected chi connectivity index (χ2v) is 9.89. The Morgan fingerprint density at radius 2 is 2.06 bits per heavy atom. The highest BCUT2D eigenvalue weighted by Gasteiger charge is 2.29. The quantitative estimate of drug-likeness (QED) is 0.412. The zero-order chi connectivity index (χ0) is 24.2. The summed E-state index contributed by atoms with van der Waals surface area (Å²) in [7, 11) is 0. The van der Waals surface area contributed by atoms with Gasteiger partial charge in [-0.2, -0.15) is 5.10 Å². The number of halogens is 1. The molecule has 0 unspecified atom stereocenters. The second kappa shape index (κ2) is 10.6. The molecule has 1 fully saturated rings. The summed E-state index contributed by atoms with van der Waals surface area (Å²) < 4.78 is 22.2. The summed E-state index contributed by atoms with van der Waals surface area (Å²) in [6, 6.07) is 5.48. The third-order valence-electron chi connectivity index (χ3n) is 6.31. The highest BCUT2D eigenvalue weighted by atomic mass is 32.2. The predicted molar refractivity (Wildman–Crippen MR) is 135 cm³/mol. The molecule has 33 heavy (non-hydrogen) atoms. The molecule has 0 bridgehead atoms. The van der Waals surface area contributed by atoms with Crippen LogP contribution in [-0.4, -0.2) is 45.7 Å². The van der Waals surface area contributed by atoms with Crippen molar-refractivity contribution in [3.8, 4) is 0 Å². The maximum Gasteiger partial charge on any atom is 0.410 e. The molecule has 2 aromatic rings. The first-order valence-electron chi connectivity index (χ1n) is 11.4. The van der Waals surface area contributed by atoms with Gasteiger partial charge in [0, 0.05) is 29.1 Å². The topological polar surface area (TPSA) is 47.4 Å². The SMILES string of the molecule is C=Cc1c(/C=C(\C)c2ccc(SC)cc2F)cnn1C1CCN(C(=O)OC(C)(C)CC)CC1. The fourth-order valence-corrected chi connectivity index (χ4v) is 4.34. The number of rotatable bonds is 7. The average molecular weight is 472 g/mol. The van der Waals surface area contributed by atoms with Crippen LogP contribution in [0.1, 0.15) is 69.8 Å². The van der Waals surface area contributed by atoms with Gasteiger partial charge in [-0.1, -0.05) is 19.6 Å². The summed E-state index contributed by atoms with van der Waals surface area (Å²) in [6.07, 6.45) is 9.58. The van der Waals surface area contributed by atoms with Gasteiger partial charge in [-0.25, -0.2) is 9.18 Å². The van der Waals surface area contributed by atoms with Crippen LogP contribution < -0.4 is 0 Å². The lowest BCUT2D eigenvalue weighted by atomic mass is 10.0. The van der Waals surface area contributed by atoms with E-state index in [1.54, 1.807) is 23.2 Å². The molecule has 0 aliphatic carbocycles. The number of amides is 1. The molecular formula is C26H34FN3O2S. The fourth-order valence-electron chi connectivity index (χ4n) is 3.92. The van der Waals surface area contributed by atoms with Gasteiger partial charge in [-0.3, -0.25) is 4.68 Å². The molecule has 1 saturated heterocycles. The first kappa shape index (κ1) is 25.1. The van der Waals surface area contributed by atoms with Gasteiger partial charge in [0.2, 0.25) is 0 Å². The maximum absolute atomic E-state index is 14.6. The average Bonchev–Trinajstić information content (AvgIpc) is 3.20. The van der Waals surface area contributed by atoms with Crippen LogP contribution in [0, 0.1) is 5.82 Å². The van der Waals surface area contributed by atoms with Crippen LogP contribution in [-0.2, 0) is 4.74 Å². The van der Waals surface area contributed by atoms with Crippen LogP contribution in [0.4, 0.5) is 9.18 Å². The van der Waals surface area contributed by atoms with Crippen molar-refractivity contribution in [1.82, 2.24) is 14.7 Å². The van der Waals surface area contributed by atoms with Gasteiger partial charge in [0.15, 0.2) is 0 Å². The van der Waals surface area contributed by atoms with Gasteiger partial charge in [0.25, 0.3) is 0 Å². The van der Waals surface area contributed by atoms with E-state index < -0.39 is 5.60 Å². The van der Waals surface area contributed by atoms with Crippen molar-refractivity contribution in [3.63, 3.8) is 0 Å². The Bertz CT molecular complexity index is 1040. The van der Waals surface area contributed by atoms with Gasteiger partial charge in [0.1, 0.15) is 11.4 Å². The van der Waals surface area contributed by atoms with Crippen molar-refractivity contribution in [3.05, 3.63) is 53.6 Å². The molecule has 7 heteroatoms. The number of aromatic nitrogens is 2. The van der Waals surface area contributed by atoms with E-state index in [9.17, 15) is 9.18 Å². The Labute approximate surface area is 200 Å². The zero-order valence-corrected chi connectivity index (χ0v) is 21.0. The van der Waals surface area contributed by atoms with Gasteiger partial charge in [-0.15, -0.1) is 11.8 Å². The molecule has 3 rings (SSSR count). The third kappa shape index (κ3) is 5.88. The minimum absolute atomic E-state index is 0.168. The van der Waals surface area contributed by atoms with Gasteiger partial charge < -0.3 is 9.64 Å². The number of carbonyl (C=O) groups excluding carboxylic acids is 1. The van der Waals surface area contributed by atoms with Gasteiger partial charge in [-0.05, 0) is 76.1 Å². The highest BCUT2D eigenvalue weighted by Crippen LogP contribution is 2.30. The van der Waals surface area contributed by atoms with E-state index >= 15 is 0 Å². The van der Waals surface area contributed by atoms with E-state index in [1.165, 1.54) is 11.8 Å². The Balaban J connectivity index is 1.73. The minimum Gasteiger partial charge on any atom is -0.443 e. The first-order valence-corrected chi connectivity index (χ1v) is 12.6. The van der Waals surface area contributed by atoms with E-state index in [-0.39, 0.29) is 18.0 Å². The molecule has 0 spiro atoms. The molecule has 5 nitrogen and oxygen atoms in total. The lowest BCUT2D eigenvalue weighted by Crippen LogP contribution is -2.42. The number of thioether (sulfide) groups is 1. The van der Waals surface area contributed by atoms with Crippen LogP contribution in [0.5, 0.6) is 0 Å². The number of hydrogen-bond donors (Lipinski definition) is 0. The smallest absolute Gasteiger partial charge is 0.410 e. The Morgan fingerprint density at radius 3 is 2.64 bits per heavy atom. The monoisotopic (exact) mass is 471 g/mol. The molecule has 1 aromatic heterocycles. The molecule has 0 saturated carbocycles. The largest absolute Gasteiger partial charge is 0.443 e.